The Hall–Kier alpha value is -1.35. The third-order valence-electron chi connectivity index (χ3n) is 2.40. The fourth-order valence-corrected chi connectivity index (χ4v) is 1.48. The smallest absolute Gasteiger partial charge is 0.255 e. The van der Waals surface area contributed by atoms with E-state index in [4.69, 9.17) is 4.74 Å². The molecule has 1 aromatic rings. The molecule has 0 aromatic heterocycles. The van der Waals surface area contributed by atoms with E-state index in [1.54, 1.807) is 11.9 Å². The third kappa shape index (κ3) is 1.63. The van der Waals surface area contributed by atoms with Crippen molar-refractivity contribution in [2.24, 2.45) is 0 Å². The maximum Gasteiger partial charge on any atom is 0.255 e. The molecule has 0 aliphatic carbocycles. The summed E-state index contributed by atoms with van der Waals surface area (Å²) in [7, 11) is 1.77. The summed E-state index contributed by atoms with van der Waals surface area (Å²) < 4.78 is 5.23. The molecule has 3 heteroatoms. The van der Waals surface area contributed by atoms with Crippen molar-refractivity contribution in [3.8, 4) is 0 Å². The van der Waals surface area contributed by atoms with E-state index >= 15 is 0 Å². The van der Waals surface area contributed by atoms with Crippen molar-refractivity contribution in [1.82, 2.24) is 4.90 Å². The van der Waals surface area contributed by atoms with Crippen molar-refractivity contribution in [3.63, 3.8) is 0 Å². The summed E-state index contributed by atoms with van der Waals surface area (Å²) in [4.78, 5) is 13.5. The predicted molar refractivity (Wildman–Crippen MR) is 52.9 cm³/mol. The van der Waals surface area contributed by atoms with Crippen LogP contribution in [0.3, 0.4) is 0 Å². The second kappa shape index (κ2) is 3.42. The Balaban J connectivity index is 2.09. The molecule has 0 spiro atoms. The van der Waals surface area contributed by atoms with Crippen molar-refractivity contribution in [3.05, 3.63) is 35.9 Å². The molecule has 0 bridgehead atoms. The fourth-order valence-electron chi connectivity index (χ4n) is 1.48. The number of amides is 1. The van der Waals surface area contributed by atoms with Crippen LogP contribution in [-0.2, 0) is 4.74 Å². The van der Waals surface area contributed by atoms with Crippen LogP contribution >= 0.6 is 0 Å². The van der Waals surface area contributed by atoms with Gasteiger partial charge in [0.2, 0.25) is 0 Å². The number of carbonyl (C=O) groups excluding carboxylic acids is 1. The molecule has 2 atom stereocenters. The predicted octanol–water partition coefficient (Wildman–Crippen LogP) is 1.50. The minimum Gasteiger partial charge on any atom is -0.348 e. The molecule has 1 aromatic carbocycles. The molecule has 3 nitrogen and oxygen atoms in total. The summed E-state index contributed by atoms with van der Waals surface area (Å²) in [5, 5.41) is 0. The van der Waals surface area contributed by atoms with Gasteiger partial charge in [0.25, 0.3) is 5.91 Å². The normalized spacial score (nSPS) is 24.4. The molecule has 0 saturated carbocycles. The Labute approximate surface area is 83.3 Å². The van der Waals surface area contributed by atoms with Gasteiger partial charge in [0, 0.05) is 12.6 Å². The van der Waals surface area contributed by atoms with E-state index in [1.807, 2.05) is 37.3 Å². The average Bonchev–Trinajstić information content (AvgIpc) is 2.95. The Kier molecular flexibility index (Phi) is 2.25. The highest BCUT2D eigenvalue weighted by molar-refractivity contribution is 5.94. The molecule has 2 unspecified atom stereocenters. The van der Waals surface area contributed by atoms with Crippen LogP contribution in [0.4, 0.5) is 0 Å². The van der Waals surface area contributed by atoms with Gasteiger partial charge in [-0.15, -0.1) is 0 Å². The highest BCUT2D eigenvalue weighted by atomic mass is 16.6. The first-order valence-corrected chi connectivity index (χ1v) is 4.68. The average molecular weight is 191 g/mol. The monoisotopic (exact) mass is 191 g/mol. The lowest BCUT2D eigenvalue weighted by Crippen LogP contribution is -2.30. The minimum atomic E-state index is -0.0392. The van der Waals surface area contributed by atoms with Crippen molar-refractivity contribution in [2.75, 3.05) is 7.05 Å². The van der Waals surface area contributed by atoms with Crippen LogP contribution in [0.25, 0.3) is 0 Å². The largest absolute Gasteiger partial charge is 0.348 e. The molecule has 2 rings (SSSR count). The maximum absolute atomic E-state index is 11.8. The molecule has 0 radical (unpaired) electrons. The highest BCUT2D eigenvalue weighted by Gasteiger charge is 2.40. The van der Waals surface area contributed by atoms with Gasteiger partial charge in [-0.05, 0) is 19.1 Å². The lowest BCUT2D eigenvalue weighted by Gasteiger charge is -2.14. The zero-order chi connectivity index (χ0) is 10.1. The number of hydrogen-bond donors (Lipinski definition) is 0. The summed E-state index contributed by atoms with van der Waals surface area (Å²) in [5.41, 5.74) is 0.706. The molecule has 74 valence electrons. The van der Waals surface area contributed by atoms with Gasteiger partial charge in [0.05, 0.1) is 0 Å². The van der Waals surface area contributed by atoms with Gasteiger partial charge in [0.1, 0.15) is 6.10 Å². The van der Waals surface area contributed by atoms with Gasteiger partial charge in [-0.3, -0.25) is 4.79 Å². The van der Waals surface area contributed by atoms with Crippen molar-refractivity contribution >= 4 is 5.91 Å². The highest BCUT2D eigenvalue weighted by Crippen LogP contribution is 2.25. The maximum atomic E-state index is 11.8. The Bertz CT molecular complexity index is 336. The number of hydrogen-bond acceptors (Lipinski definition) is 2. The zero-order valence-corrected chi connectivity index (χ0v) is 8.31. The molecule has 0 N–H and O–H groups in total. The Morgan fingerprint density at radius 3 is 2.43 bits per heavy atom. The molecule has 1 heterocycles. The molecular formula is C11H13NO2. The summed E-state index contributed by atoms with van der Waals surface area (Å²) >= 11 is 0. The van der Waals surface area contributed by atoms with Crippen molar-refractivity contribution in [2.45, 2.75) is 19.3 Å². The SMILES string of the molecule is CC1OC1N(C)C(=O)c1ccccc1. The summed E-state index contributed by atoms with van der Waals surface area (Å²) in [6, 6.07) is 9.24. The summed E-state index contributed by atoms with van der Waals surface area (Å²) in [6.45, 7) is 1.96. The molecule has 1 amide bonds. The zero-order valence-electron chi connectivity index (χ0n) is 8.31. The van der Waals surface area contributed by atoms with Crippen molar-refractivity contribution < 1.29 is 9.53 Å². The van der Waals surface area contributed by atoms with Gasteiger partial charge in [-0.1, -0.05) is 18.2 Å². The van der Waals surface area contributed by atoms with E-state index in [1.165, 1.54) is 0 Å². The van der Waals surface area contributed by atoms with E-state index in [-0.39, 0.29) is 18.2 Å². The molecule has 14 heavy (non-hydrogen) atoms. The van der Waals surface area contributed by atoms with E-state index in [2.05, 4.69) is 0 Å². The lowest BCUT2D eigenvalue weighted by atomic mass is 10.2. The first-order chi connectivity index (χ1) is 6.70. The van der Waals surface area contributed by atoms with Gasteiger partial charge in [0.15, 0.2) is 6.23 Å². The number of ether oxygens (including phenoxy) is 1. The quantitative estimate of drug-likeness (QED) is 0.664. The number of nitrogens with zero attached hydrogens (tertiary/aromatic N) is 1. The van der Waals surface area contributed by atoms with Gasteiger partial charge < -0.3 is 9.64 Å². The van der Waals surface area contributed by atoms with Gasteiger partial charge >= 0.3 is 0 Å². The summed E-state index contributed by atoms with van der Waals surface area (Å²) in [6.07, 6.45) is 0.135. The van der Waals surface area contributed by atoms with Crippen LogP contribution in [0.15, 0.2) is 30.3 Å². The Morgan fingerprint density at radius 1 is 1.36 bits per heavy atom. The van der Waals surface area contributed by atoms with Crippen LogP contribution in [0.2, 0.25) is 0 Å². The first kappa shape index (κ1) is 9.21. The number of benzene rings is 1. The van der Waals surface area contributed by atoms with E-state index in [0.717, 1.165) is 0 Å². The standard InChI is InChI=1S/C11H13NO2/c1-8-11(14-8)12(2)10(13)9-6-4-3-5-7-9/h3-8,11H,1-2H3. The molecule has 1 fully saturated rings. The first-order valence-electron chi connectivity index (χ1n) is 4.68. The van der Waals surface area contributed by atoms with Crippen LogP contribution in [0.5, 0.6) is 0 Å². The van der Waals surface area contributed by atoms with E-state index in [9.17, 15) is 4.79 Å². The molecule has 1 aliphatic rings. The van der Waals surface area contributed by atoms with Crippen LogP contribution in [0.1, 0.15) is 17.3 Å². The van der Waals surface area contributed by atoms with E-state index in [0.29, 0.717) is 5.56 Å². The fraction of sp³-hybridized carbons (Fsp3) is 0.364. The topological polar surface area (TPSA) is 32.8 Å². The third-order valence-corrected chi connectivity index (χ3v) is 2.40. The number of epoxide rings is 1. The van der Waals surface area contributed by atoms with Crippen molar-refractivity contribution in [1.29, 1.82) is 0 Å². The number of likely N-dealkylation sites (N-methyl/N-ethyl adjacent to an activating group) is 1. The summed E-state index contributed by atoms with van der Waals surface area (Å²) in [5.74, 6) is 0.0138. The van der Waals surface area contributed by atoms with Gasteiger partial charge in [-0.25, -0.2) is 0 Å². The molecule has 1 saturated heterocycles. The van der Waals surface area contributed by atoms with Crippen LogP contribution < -0.4 is 0 Å². The number of rotatable bonds is 2. The molecular weight excluding hydrogens is 178 g/mol. The lowest BCUT2D eigenvalue weighted by molar-refractivity contribution is 0.0725. The van der Waals surface area contributed by atoms with Crippen LogP contribution in [-0.4, -0.2) is 30.2 Å². The minimum absolute atomic E-state index is 0.0138. The van der Waals surface area contributed by atoms with E-state index < -0.39 is 0 Å². The molecule has 1 aliphatic heterocycles. The van der Waals surface area contributed by atoms with Gasteiger partial charge in [-0.2, -0.15) is 0 Å². The Morgan fingerprint density at radius 2 is 1.93 bits per heavy atom. The number of carbonyl (C=O) groups is 1. The second-order valence-corrected chi connectivity index (χ2v) is 3.51. The second-order valence-electron chi connectivity index (χ2n) is 3.51. The van der Waals surface area contributed by atoms with Crippen LogP contribution in [0, 0.1) is 0 Å².